The number of carboxylic acids is 1. The van der Waals surface area contributed by atoms with E-state index in [4.69, 9.17) is 10.2 Å². The van der Waals surface area contributed by atoms with E-state index in [1.54, 1.807) is 18.2 Å². The van der Waals surface area contributed by atoms with Gasteiger partial charge < -0.3 is 15.5 Å². The average molecular weight is 366 g/mol. The van der Waals surface area contributed by atoms with E-state index in [-0.39, 0.29) is 25.3 Å². The van der Waals surface area contributed by atoms with Crippen molar-refractivity contribution < 1.29 is 24.6 Å². The molecule has 138 valence electrons. The Morgan fingerprint density at radius 3 is 2.44 bits per heavy atom. The van der Waals surface area contributed by atoms with Crippen LogP contribution in [0.4, 0.5) is 5.69 Å². The predicted octanol–water partition coefficient (Wildman–Crippen LogP) is 1.64. The van der Waals surface area contributed by atoms with Gasteiger partial charge in [-0.2, -0.15) is 0 Å². The number of amides is 2. The standard InChI is InChI=1S/C20H18N2O5/c23-9-8-22-18(24)12-17(20(22)27)21-16-3-1-2-15(11-16)14-6-4-13(5-7-14)10-19(25)26/h1-7,11-12,21,23H,8-10H2,(H,25,26). The Hall–Kier alpha value is -3.45. The number of hydrogen-bond acceptors (Lipinski definition) is 5. The number of aliphatic carboxylic acids is 1. The van der Waals surface area contributed by atoms with Crippen LogP contribution in [0.3, 0.4) is 0 Å². The number of anilines is 1. The largest absolute Gasteiger partial charge is 0.481 e. The molecule has 0 fully saturated rings. The highest BCUT2D eigenvalue weighted by atomic mass is 16.4. The van der Waals surface area contributed by atoms with Gasteiger partial charge >= 0.3 is 5.97 Å². The first-order valence-electron chi connectivity index (χ1n) is 8.34. The topological polar surface area (TPSA) is 107 Å². The molecule has 2 aromatic carbocycles. The first-order chi connectivity index (χ1) is 13.0. The maximum Gasteiger partial charge on any atom is 0.307 e. The monoisotopic (exact) mass is 366 g/mol. The minimum Gasteiger partial charge on any atom is -0.481 e. The number of benzene rings is 2. The second-order valence-electron chi connectivity index (χ2n) is 6.05. The van der Waals surface area contributed by atoms with Gasteiger partial charge in [0.2, 0.25) is 0 Å². The molecule has 7 nitrogen and oxygen atoms in total. The van der Waals surface area contributed by atoms with Gasteiger partial charge in [-0.05, 0) is 28.8 Å². The normalized spacial score (nSPS) is 13.7. The van der Waals surface area contributed by atoms with Crippen molar-refractivity contribution in [2.24, 2.45) is 0 Å². The molecular formula is C20H18N2O5. The third kappa shape index (κ3) is 4.21. The van der Waals surface area contributed by atoms with Gasteiger partial charge in [-0.25, -0.2) is 0 Å². The fourth-order valence-corrected chi connectivity index (χ4v) is 2.83. The van der Waals surface area contributed by atoms with E-state index in [1.165, 1.54) is 6.08 Å². The quantitative estimate of drug-likeness (QED) is 0.643. The van der Waals surface area contributed by atoms with Crippen LogP contribution in [-0.4, -0.2) is 46.0 Å². The van der Waals surface area contributed by atoms with Crippen LogP contribution in [-0.2, 0) is 20.8 Å². The smallest absolute Gasteiger partial charge is 0.307 e. The van der Waals surface area contributed by atoms with Crippen LogP contribution < -0.4 is 5.32 Å². The zero-order valence-electron chi connectivity index (χ0n) is 14.4. The molecule has 3 rings (SSSR count). The molecule has 0 bridgehead atoms. The molecule has 2 amide bonds. The number of aliphatic hydroxyl groups is 1. The summed E-state index contributed by atoms with van der Waals surface area (Å²) < 4.78 is 0. The lowest BCUT2D eigenvalue weighted by Crippen LogP contribution is -2.34. The van der Waals surface area contributed by atoms with Crippen LogP contribution >= 0.6 is 0 Å². The summed E-state index contributed by atoms with van der Waals surface area (Å²) in [5.41, 5.74) is 3.29. The van der Waals surface area contributed by atoms with Gasteiger partial charge in [0.05, 0.1) is 19.6 Å². The molecule has 1 aliphatic heterocycles. The molecule has 0 unspecified atom stereocenters. The predicted molar refractivity (Wildman–Crippen MR) is 98.7 cm³/mol. The van der Waals surface area contributed by atoms with Crippen molar-refractivity contribution in [2.45, 2.75) is 6.42 Å². The second kappa shape index (κ2) is 7.84. The maximum absolute atomic E-state index is 12.2. The van der Waals surface area contributed by atoms with Crippen molar-refractivity contribution >= 4 is 23.5 Å². The summed E-state index contributed by atoms with van der Waals surface area (Å²) in [4.78, 5) is 35.8. The van der Waals surface area contributed by atoms with Crippen LogP contribution in [0.2, 0.25) is 0 Å². The van der Waals surface area contributed by atoms with Crippen LogP contribution in [0.25, 0.3) is 11.1 Å². The van der Waals surface area contributed by atoms with Crippen molar-refractivity contribution in [1.29, 1.82) is 0 Å². The number of nitrogens with one attached hydrogen (secondary N) is 1. The zero-order chi connectivity index (χ0) is 19.4. The lowest BCUT2D eigenvalue weighted by Gasteiger charge is -2.13. The molecule has 27 heavy (non-hydrogen) atoms. The summed E-state index contributed by atoms with van der Waals surface area (Å²) in [6.07, 6.45) is 1.18. The number of aliphatic hydroxyl groups excluding tert-OH is 1. The van der Waals surface area contributed by atoms with E-state index in [0.717, 1.165) is 16.0 Å². The molecule has 0 aliphatic carbocycles. The summed E-state index contributed by atoms with van der Waals surface area (Å²) in [6.45, 7) is -0.325. The van der Waals surface area contributed by atoms with Crippen LogP contribution in [0, 0.1) is 0 Å². The van der Waals surface area contributed by atoms with E-state index in [9.17, 15) is 14.4 Å². The van der Waals surface area contributed by atoms with E-state index in [2.05, 4.69) is 5.32 Å². The summed E-state index contributed by atoms with van der Waals surface area (Å²) in [5, 5.41) is 20.7. The number of rotatable bonds is 7. The summed E-state index contributed by atoms with van der Waals surface area (Å²) in [6, 6.07) is 14.5. The molecule has 1 aliphatic rings. The Balaban J connectivity index is 1.76. The minimum atomic E-state index is -0.881. The number of nitrogens with zero attached hydrogens (tertiary/aromatic N) is 1. The van der Waals surface area contributed by atoms with Crippen molar-refractivity contribution in [1.82, 2.24) is 4.90 Å². The second-order valence-corrected chi connectivity index (χ2v) is 6.05. The molecule has 0 aromatic heterocycles. The van der Waals surface area contributed by atoms with Crippen molar-refractivity contribution in [2.75, 3.05) is 18.5 Å². The SMILES string of the molecule is O=C(O)Cc1ccc(-c2cccc(NC3=CC(=O)N(CCO)C3=O)c2)cc1. The zero-order valence-corrected chi connectivity index (χ0v) is 14.4. The molecule has 7 heteroatoms. The number of carbonyl (C=O) groups is 3. The van der Waals surface area contributed by atoms with Crippen LogP contribution in [0.1, 0.15) is 5.56 Å². The lowest BCUT2D eigenvalue weighted by molar-refractivity contribution is -0.138. The molecule has 3 N–H and O–H groups in total. The summed E-state index contributed by atoms with van der Waals surface area (Å²) in [5.74, 6) is -1.81. The molecular weight excluding hydrogens is 348 g/mol. The van der Waals surface area contributed by atoms with E-state index >= 15 is 0 Å². The van der Waals surface area contributed by atoms with Gasteiger partial charge in [0.25, 0.3) is 11.8 Å². The third-order valence-corrected chi connectivity index (χ3v) is 4.12. The Bertz CT molecular complexity index is 918. The first kappa shape index (κ1) is 18.3. The van der Waals surface area contributed by atoms with Crippen molar-refractivity contribution in [3.05, 3.63) is 65.9 Å². The van der Waals surface area contributed by atoms with Crippen LogP contribution in [0.5, 0.6) is 0 Å². The van der Waals surface area contributed by atoms with Crippen molar-refractivity contribution in [3.8, 4) is 11.1 Å². The first-order valence-corrected chi connectivity index (χ1v) is 8.34. The number of carbonyl (C=O) groups excluding carboxylic acids is 2. The number of carboxylic acid groups (broad SMARTS) is 1. The molecule has 0 saturated carbocycles. The highest BCUT2D eigenvalue weighted by Gasteiger charge is 2.30. The average Bonchev–Trinajstić information content (AvgIpc) is 2.90. The fraction of sp³-hybridized carbons (Fsp3) is 0.150. The number of β-amino-alcohol motifs (C(OH)–C–C–N with tert-alkyl or cyclic N) is 1. The van der Waals surface area contributed by atoms with Gasteiger partial charge in [-0.15, -0.1) is 0 Å². The van der Waals surface area contributed by atoms with E-state index < -0.39 is 17.8 Å². The molecule has 1 heterocycles. The van der Waals surface area contributed by atoms with Crippen LogP contribution in [0.15, 0.2) is 60.3 Å². The van der Waals surface area contributed by atoms with Gasteiger partial charge in [0, 0.05) is 11.8 Å². The Kier molecular flexibility index (Phi) is 5.33. The Morgan fingerprint density at radius 2 is 1.78 bits per heavy atom. The highest BCUT2D eigenvalue weighted by Crippen LogP contribution is 2.25. The summed E-state index contributed by atoms with van der Waals surface area (Å²) in [7, 11) is 0. The van der Waals surface area contributed by atoms with Gasteiger partial charge in [0.15, 0.2) is 0 Å². The minimum absolute atomic E-state index is 0.0312. The Morgan fingerprint density at radius 1 is 1.04 bits per heavy atom. The molecule has 0 atom stereocenters. The van der Waals surface area contributed by atoms with Gasteiger partial charge in [0.1, 0.15) is 5.70 Å². The molecule has 0 radical (unpaired) electrons. The fourth-order valence-electron chi connectivity index (χ4n) is 2.83. The summed E-state index contributed by atoms with van der Waals surface area (Å²) >= 11 is 0. The molecule has 0 saturated heterocycles. The van der Waals surface area contributed by atoms with Gasteiger partial charge in [-0.1, -0.05) is 36.4 Å². The molecule has 0 spiro atoms. The number of hydrogen-bond donors (Lipinski definition) is 3. The number of imide groups is 1. The van der Waals surface area contributed by atoms with Gasteiger partial charge in [-0.3, -0.25) is 19.3 Å². The Labute approximate surface area is 155 Å². The van der Waals surface area contributed by atoms with Crippen molar-refractivity contribution in [3.63, 3.8) is 0 Å². The molecule has 2 aromatic rings. The highest BCUT2D eigenvalue weighted by molar-refractivity contribution is 6.17. The van der Waals surface area contributed by atoms with E-state index in [1.807, 2.05) is 30.3 Å². The van der Waals surface area contributed by atoms with E-state index in [0.29, 0.717) is 11.3 Å². The lowest BCUT2D eigenvalue weighted by atomic mass is 10.0. The third-order valence-electron chi connectivity index (χ3n) is 4.12. The maximum atomic E-state index is 12.2.